The molecule has 2 aromatic heterocycles. The van der Waals surface area contributed by atoms with Gasteiger partial charge in [0.25, 0.3) is 0 Å². The highest BCUT2D eigenvalue weighted by Gasteiger charge is 2.04. The van der Waals surface area contributed by atoms with Crippen LogP contribution in [0.4, 0.5) is 0 Å². The number of pyridine rings is 1. The van der Waals surface area contributed by atoms with E-state index in [9.17, 15) is 0 Å². The average Bonchev–Trinajstić information content (AvgIpc) is 2.73. The van der Waals surface area contributed by atoms with Crippen LogP contribution < -0.4 is 5.32 Å². The van der Waals surface area contributed by atoms with E-state index in [1.807, 2.05) is 23.6 Å². The van der Waals surface area contributed by atoms with Crippen molar-refractivity contribution in [3.63, 3.8) is 0 Å². The second kappa shape index (κ2) is 5.23. The van der Waals surface area contributed by atoms with E-state index < -0.39 is 0 Å². The Labute approximate surface area is 100 Å². The van der Waals surface area contributed by atoms with Gasteiger partial charge in [-0.15, -0.1) is 11.3 Å². The number of hydrogen-bond acceptors (Lipinski definition) is 3. The fourth-order valence-corrected chi connectivity index (χ4v) is 2.43. The smallest absolute Gasteiger partial charge is 0.0315 e. The first kappa shape index (κ1) is 11.3. The Morgan fingerprint density at radius 1 is 1.38 bits per heavy atom. The van der Waals surface area contributed by atoms with Crippen LogP contribution in [0.25, 0.3) is 0 Å². The standard InChI is InChI=1S/C13H16N2S/c1-10-5-6-13(16-10)9-15-11(2)12-4-3-7-14-8-12/h3-8,11,15H,9H2,1-2H3/t11-/m1/s1. The average molecular weight is 232 g/mol. The Balaban J connectivity index is 1.91. The van der Waals surface area contributed by atoms with Crippen molar-refractivity contribution in [3.8, 4) is 0 Å². The third-order valence-electron chi connectivity index (χ3n) is 2.56. The van der Waals surface area contributed by atoms with E-state index in [1.165, 1.54) is 15.3 Å². The summed E-state index contributed by atoms with van der Waals surface area (Å²) in [6.45, 7) is 5.23. The SMILES string of the molecule is Cc1ccc(CN[C@H](C)c2cccnc2)s1. The van der Waals surface area contributed by atoms with Crippen LogP contribution in [-0.2, 0) is 6.54 Å². The Morgan fingerprint density at radius 3 is 2.88 bits per heavy atom. The van der Waals surface area contributed by atoms with Gasteiger partial charge in [0.2, 0.25) is 0 Å². The van der Waals surface area contributed by atoms with Crippen LogP contribution in [0.5, 0.6) is 0 Å². The molecule has 2 nitrogen and oxygen atoms in total. The molecule has 0 aromatic carbocycles. The van der Waals surface area contributed by atoms with Crippen molar-refractivity contribution in [1.82, 2.24) is 10.3 Å². The minimum atomic E-state index is 0.344. The number of thiophene rings is 1. The number of hydrogen-bond donors (Lipinski definition) is 1. The molecule has 0 saturated heterocycles. The molecular weight excluding hydrogens is 216 g/mol. The van der Waals surface area contributed by atoms with E-state index in [2.05, 4.69) is 42.3 Å². The van der Waals surface area contributed by atoms with Crippen molar-refractivity contribution < 1.29 is 0 Å². The molecule has 1 atom stereocenters. The number of nitrogens with one attached hydrogen (secondary N) is 1. The van der Waals surface area contributed by atoms with Crippen LogP contribution in [0, 0.1) is 6.92 Å². The topological polar surface area (TPSA) is 24.9 Å². The number of aryl methyl sites for hydroxylation is 1. The van der Waals surface area contributed by atoms with Gasteiger partial charge in [-0.2, -0.15) is 0 Å². The van der Waals surface area contributed by atoms with Crippen LogP contribution in [0.15, 0.2) is 36.7 Å². The molecule has 2 heterocycles. The van der Waals surface area contributed by atoms with Crippen LogP contribution in [0.3, 0.4) is 0 Å². The molecule has 0 saturated carbocycles. The summed E-state index contributed by atoms with van der Waals surface area (Å²) >= 11 is 1.85. The summed E-state index contributed by atoms with van der Waals surface area (Å²) < 4.78 is 0. The molecule has 1 N–H and O–H groups in total. The first-order valence-corrected chi connectivity index (χ1v) is 6.26. The molecule has 0 bridgehead atoms. The summed E-state index contributed by atoms with van der Waals surface area (Å²) in [5.74, 6) is 0. The summed E-state index contributed by atoms with van der Waals surface area (Å²) in [6, 6.07) is 8.77. The zero-order valence-electron chi connectivity index (χ0n) is 9.60. The Hall–Kier alpha value is -1.19. The molecule has 2 aromatic rings. The molecule has 0 unspecified atom stereocenters. The van der Waals surface area contributed by atoms with E-state index in [0.717, 1.165) is 6.54 Å². The minimum absolute atomic E-state index is 0.344. The highest BCUT2D eigenvalue weighted by Crippen LogP contribution is 2.16. The van der Waals surface area contributed by atoms with Gasteiger partial charge in [0, 0.05) is 34.7 Å². The molecule has 84 valence electrons. The van der Waals surface area contributed by atoms with E-state index in [1.54, 1.807) is 6.20 Å². The van der Waals surface area contributed by atoms with E-state index in [4.69, 9.17) is 0 Å². The predicted octanol–water partition coefficient (Wildman–Crippen LogP) is 3.30. The van der Waals surface area contributed by atoms with Gasteiger partial charge in [-0.1, -0.05) is 6.07 Å². The number of rotatable bonds is 4. The van der Waals surface area contributed by atoms with Gasteiger partial charge in [-0.05, 0) is 37.6 Å². The zero-order valence-corrected chi connectivity index (χ0v) is 10.4. The van der Waals surface area contributed by atoms with Gasteiger partial charge in [-0.3, -0.25) is 4.98 Å². The van der Waals surface area contributed by atoms with Crippen molar-refractivity contribution in [2.24, 2.45) is 0 Å². The molecule has 0 aliphatic rings. The van der Waals surface area contributed by atoms with Gasteiger partial charge in [0.15, 0.2) is 0 Å². The van der Waals surface area contributed by atoms with Crippen LogP contribution in [0.2, 0.25) is 0 Å². The number of nitrogens with zero attached hydrogens (tertiary/aromatic N) is 1. The lowest BCUT2D eigenvalue weighted by Crippen LogP contribution is -2.17. The summed E-state index contributed by atoms with van der Waals surface area (Å²) in [7, 11) is 0. The third-order valence-corrected chi connectivity index (χ3v) is 3.56. The van der Waals surface area contributed by atoms with Crippen molar-refractivity contribution >= 4 is 11.3 Å². The van der Waals surface area contributed by atoms with E-state index >= 15 is 0 Å². The molecule has 3 heteroatoms. The zero-order chi connectivity index (χ0) is 11.4. The molecule has 2 rings (SSSR count). The number of aromatic nitrogens is 1. The molecule has 0 fully saturated rings. The summed E-state index contributed by atoms with van der Waals surface area (Å²) in [5, 5.41) is 3.50. The first-order chi connectivity index (χ1) is 7.75. The second-order valence-corrected chi connectivity index (χ2v) is 5.27. The van der Waals surface area contributed by atoms with Gasteiger partial charge >= 0.3 is 0 Å². The highest BCUT2D eigenvalue weighted by molar-refractivity contribution is 7.11. The Morgan fingerprint density at radius 2 is 2.25 bits per heavy atom. The summed E-state index contributed by atoms with van der Waals surface area (Å²) in [6.07, 6.45) is 3.72. The van der Waals surface area contributed by atoms with Crippen molar-refractivity contribution in [2.45, 2.75) is 26.4 Å². The fourth-order valence-electron chi connectivity index (χ4n) is 1.58. The first-order valence-electron chi connectivity index (χ1n) is 5.44. The molecule has 16 heavy (non-hydrogen) atoms. The Kier molecular flexibility index (Phi) is 3.70. The van der Waals surface area contributed by atoms with Crippen LogP contribution in [0.1, 0.15) is 28.3 Å². The van der Waals surface area contributed by atoms with Crippen molar-refractivity contribution in [1.29, 1.82) is 0 Å². The third kappa shape index (κ3) is 2.90. The van der Waals surface area contributed by atoms with Gasteiger partial charge in [0.05, 0.1) is 0 Å². The lowest BCUT2D eigenvalue weighted by Gasteiger charge is -2.12. The monoisotopic (exact) mass is 232 g/mol. The molecule has 0 aliphatic carbocycles. The van der Waals surface area contributed by atoms with E-state index in [0.29, 0.717) is 6.04 Å². The molecular formula is C13H16N2S. The lowest BCUT2D eigenvalue weighted by molar-refractivity contribution is 0.577. The van der Waals surface area contributed by atoms with Gasteiger partial charge < -0.3 is 5.32 Å². The molecule has 0 radical (unpaired) electrons. The normalized spacial score (nSPS) is 12.6. The van der Waals surface area contributed by atoms with Crippen LogP contribution >= 0.6 is 11.3 Å². The largest absolute Gasteiger partial charge is 0.305 e. The molecule has 0 spiro atoms. The maximum absolute atomic E-state index is 4.13. The summed E-state index contributed by atoms with van der Waals surface area (Å²) in [5.41, 5.74) is 1.23. The van der Waals surface area contributed by atoms with Crippen molar-refractivity contribution in [3.05, 3.63) is 52.0 Å². The highest BCUT2D eigenvalue weighted by atomic mass is 32.1. The lowest BCUT2D eigenvalue weighted by atomic mass is 10.1. The summed E-state index contributed by atoms with van der Waals surface area (Å²) in [4.78, 5) is 6.88. The van der Waals surface area contributed by atoms with Gasteiger partial charge in [0.1, 0.15) is 0 Å². The Bertz CT molecular complexity index is 436. The van der Waals surface area contributed by atoms with Crippen LogP contribution in [-0.4, -0.2) is 4.98 Å². The minimum Gasteiger partial charge on any atom is -0.305 e. The van der Waals surface area contributed by atoms with Gasteiger partial charge in [-0.25, -0.2) is 0 Å². The maximum atomic E-state index is 4.13. The maximum Gasteiger partial charge on any atom is 0.0315 e. The fraction of sp³-hybridized carbons (Fsp3) is 0.308. The van der Waals surface area contributed by atoms with E-state index in [-0.39, 0.29) is 0 Å². The van der Waals surface area contributed by atoms with Crippen molar-refractivity contribution in [2.75, 3.05) is 0 Å². The molecule has 0 amide bonds. The molecule has 0 aliphatic heterocycles. The quantitative estimate of drug-likeness (QED) is 0.875. The second-order valence-electron chi connectivity index (χ2n) is 3.90. The predicted molar refractivity (Wildman–Crippen MR) is 68.5 cm³/mol.